The van der Waals surface area contributed by atoms with Crippen molar-refractivity contribution >= 4 is 27.6 Å². The molecule has 1 heteroatoms. The summed E-state index contributed by atoms with van der Waals surface area (Å²) in [6.07, 6.45) is 9.01. The monoisotopic (exact) mass is 348 g/mol. The van der Waals surface area contributed by atoms with Crippen molar-refractivity contribution in [2.45, 2.75) is 13.8 Å². The van der Waals surface area contributed by atoms with Gasteiger partial charge in [0.2, 0.25) is 0 Å². The molecule has 2 aliphatic rings. The summed E-state index contributed by atoms with van der Waals surface area (Å²) in [4.78, 5) is 0. The Morgan fingerprint density at radius 1 is 0.909 bits per heavy atom. The van der Waals surface area contributed by atoms with Crippen molar-refractivity contribution in [3.8, 4) is 11.1 Å². The van der Waals surface area contributed by atoms with Gasteiger partial charge in [-0.3, -0.25) is 0 Å². The predicted molar refractivity (Wildman–Crippen MR) is 97.7 cm³/mol. The van der Waals surface area contributed by atoms with Crippen molar-refractivity contribution in [2.75, 3.05) is 0 Å². The maximum Gasteiger partial charge on any atom is 0.0175 e. The molecule has 0 radical (unpaired) electrons. The van der Waals surface area contributed by atoms with Gasteiger partial charge in [-0.05, 0) is 57.0 Å². The third-order valence-corrected chi connectivity index (χ3v) is 5.06. The van der Waals surface area contributed by atoms with Crippen LogP contribution in [0.5, 0.6) is 0 Å². The lowest BCUT2D eigenvalue weighted by molar-refractivity contribution is 0.644. The fourth-order valence-electron chi connectivity index (χ4n) is 3.45. The molecule has 0 bridgehead atoms. The maximum atomic E-state index is 3.50. The summed E-state index contributed by atoms with van der Waals surface area (Å²) in [5, 5.41) is 2.71. The molecule has 0 nitrogen and oxygen atoms in total. The summed E-state index contributed by atoms with van der Waals surface area (Å²) in [7, 11) is 0. The molecule has 2 aliphatic carbocycles. The zero-order chi connectivity index (χ0) is 15.3. The van der Waals surface area contributed by atoms with Crippen LogP contribution in [0.1, 0.15) is 13.8 Å². The minimum atomic E-state index is 0.102. The smallest absolute Gasteiger partial charge is 0.0175 e. The summed E-state index contributed by atoms with van der Waals surface area (Å²) in [6, 6.07) is 15.3. The van der Waals surface area contributed by atoms with Gasteiger partial charge in [-0.1, -0.05) is 72.3 Å². The van der Waals surface area contributed by atoms with Crippen LogP contribution in [0.15, 0.2) is 70.7 Å². The Balaban J connectivity index is 1.93. The molecule has 108 valence electrons. The van der Waals surface area contributed by atoms with E-state index in [0.717, 1.165) is 4.47 Å². The molecule has 0 heterocycles. The van der Waals surface area contributed by atoms with Crippen LogP contribution in [-0.2, 0) is 0 Å². The summed E-state index contributed by atoms with van der Waals surface area (Å²) < 4.78 is 1.11. The minimum absolute atomic E-state index is 0.102. The van der Waals surface area contributed by atoms with Gasteiger partial charge in [-0.25, -0.2) is 0 Å². The van der Waals surface area contributed by atoms with Gasteiger partial charge in [0.1, 0.15) is 0 Å². The van der Waals surface area contributed by atoms with Crippen molar-refractivity contribution < 1.29 is 0 Å². The van der Waals surface area contributed by atoms with E-state index in [1.54, 1.807) is 0 Å². The second-order valence-corrected chi connectivity index (χ2v) is 7.45. The zero-order valence-electron chi connectivity index (χ0n) is 12.7. The van der Waals surface area contributed by atoms with Gasteiger partial charge in [0, 0.05) is 9.89 Å². The number of allylic oxidation sites excluding steroid dienone is 4. The molecule has 2 aromatic rings. The summed E-state index contributed by atoms with van der Waals surface area (Å²) in [6.45, 7) is 4.58. The molecule has 0 fully saturated rings. The van der Waals surface area contributed by atoms with E-state index in [1.165, 1.54) is 32.7 Å². The SMILES string of the molecule is CC1(C)C=CC=C2C=c3cc(-c4ccc(Br)cc4)ccc3=C21. The van der Waals surface area contributed by atoms with Crippen LogP contribution in [0.25, 0.3) is 22.8 Å². The first-order valence-corrected chi connectivity index (χ1v) is 8.36. The Bertz CT molecular complexity index is 938. The van der Waals surface area contributed by atoms with Gasteiger partial charge in [0.25, 0.3) is 0 Å². The molecule has 22 heavy (non-hydrogen) atoms. The highest BCUT2D eigenvalue weighted by molar-refractivity contribution is 9.10. The third-order valence-electron chi connectivity index (χ3n) is 4.53. The van der Waals surface area contributed by atoms with Crippen molar-refractivity contribution in [1.82, 2.24) is 0 Å². The lowest BCUT2D eigenvalue weighted by Gasteiger charge is -2.26. The zero-order valence-corrected chi connectivity index (χ0v) is 14.3. The number of halogens is 1. The molecule has 0 aliphatic heterocycles. The minimum Gasteiger partial charge on any atom is -0.0744 e. The highest BCUT2D eigenvalue weighted by atomic mass is 79.9. The maximum absolute atomic E-state index is 3.50. The molecule has 0 N–H and O–H groups in total. The topological polar surface area (TPSA) is 0 Å². The van der Waals surface area contributed by atoms with Crippen LogP contribution in [0.2, 0.25) is 0 Å². The van der Waals surface area contributed by atoms with Gasteiger partial charge in [-0.2, -0.15) is 0 Å². The second-order valence-electron chi connectivity index (χ2n) is 6.53. The molecule has 4 rings (SSSR count). The normalized spacial score (nSPS) is 17.6. The Labute approximate surface area is 139 Å². The highest BCUT2D eigenvalue weighted by Crippen LogP contribution is 2.38. The Morgan fingerprint density at radius 3 is 2.41 bits per heavy atom. The number of rotatable bonds is 1. The van der Waals surface area contributed by atoms with E-state index in [2.05, 4.69) is 96.5 Å². The van der Waals surface area contributed by atoms with E-state index < -0.39 is 0 Å². The predicted octanol–water partition coefficient (Wildman–Crippen LogP) is 4.58. The van der Waals surface area contributed by atoms with Crippen molar-refractivity contribution in [2.24, 2.45) is 5.41 Å². The average molecular weight is 349 g/mol. The van der Waals surface area contributed by atoms with Crippen LogP contribution < -0.4 is 10.4 Å². The van der Waals surface area contributed by atoms with Gasteiger partial charge >= 0.3 is 0 Å². The number of hydrogen-bond donors (Lipinski definition) is 0. The molecule has 0 saturated carbocycles. The molecule has 2 aromatic carbocycles. The van der Waals surface area contributed by atoms with E-state index in [-0.39, 0.29) is 5.41 Å². The molecule has 0 atom stereocenters. The van der Waals surface area contributed by atoms with Crippen LogP contribution in [0.3, 0.4) is 0 Å². The number of fused-ring (bicyclic) bond motifs is 2. The van der Waals surface area contributed by atoms with E-state index in [0.29, 0.717) is 0 Å². The molecule has 0 saturated heterocycles. The summed E-state index contributed by atoms with van der Waals surface area (Å²) >= 11 is 3.50. The third kappa shape index (κ3) is 2.12. The second kappa shape index (κ2) is 4.82. The first kappa shape index (κ1) is 13.8. The van der Waals surface area contributed by atoms with Crippen molar-refractivity contribution in [3.05, 3.63) is 81.2 Å². The van der Waals surface area contributed by atoms with Crippen molar-refractivity contribution in [1.29, 1.82) is 0 Å². The highest BCUT2D eigenvalue weighted by Gasteiger charge is 2.27. The molecule has 0 spiro atoms. The van der Waals surface area contributed by atoms with Crippen LogP contribution >= 0.6 is 15.9 Å². The molecule has 0 amide bonds. The summed E-state index contributed by atoms with van der Waals surface area (Å²) in [5.74, 6) is 0. The summed E-state index contributed by atoms with van der Waals surface area (Å²) in [5.41, 5.74) is 5.44. The lowest BCUT2D eigenvalue weighted by atomic mass is 9.77. The van der Waals surface area contributed by atoms with Gasteiger partial charge in [0.15, 0.2) is 0 Å². The number of benzene rings is 2. The molecule has 0 aromatic heterocycles. The van der Waals surface area contributed by atoms with E-state index in [9.17, 15) is 0 Å². The fourth-order valence-corrected chi connectivity index (χ4v) is 3.72. The molecule has 0 unspecified atom stereocenters. The number of hydrogen-bond acceptors (Lipinski definition) is 0. The first-order valence-electron chi connectivity index (χ1n) is 7.57. The quantitative estimate of drug-likeness (QED) is 0.707. The van der Waals surface area contributed by atoms with Gasteiger partial charge in [-0.15, -0.1) is 0 Å². The lowest BCUT2D eigenvalue weighted by Crippen LogP contribution is -2.27. The fraction of sp³-hybridized carbons (Fsp3) is 0.143. The standard InChI is InChI=1S/C21H17Br/c1-21(2)11-3-4-16-13-17-12-15(7-10-19(17)20(16)21)14-5-8-18(22)9-6-14/h3-13H,1-2H3. The van der Waals surface area contributed by atoms with Gasteiger partial charge in [0.05, 0.1) is 0 Å². The largest absolute Gasteiger partial charge is 0.0744 e. The first-order chi connectivity index (χ1) is 10.5. The average Bonchev–Trinajstić information content (AvgIpc) is 2.86. The van der Waals surface area contributed by atoms with E-state index >= 15 is 0 Å². The Hall–Kier alpha value is -1.86. The van der Waals surface area contributed by atoms with Crippen LogP contribution in [0, 0.1) is 5.41 Å². The molecular weight excluding hydrogens is 332 g/mol. The van der Waals surface area contributed by atoms with Crippen LogP contribution in [-0.4, -0.2) is 0 Å². The Morgan fingerprint density at radius 2 is 1.64 bits per heavy atom. The van der Waals surface area contributed by atoms with E-state index in [4.69, 9.17) is 0 Å². The Kier molecular flexibility index (Phi) is 3.02. The van der Waals surface area contributed by atoms with Crippen molar-refractivity contribution in [3.63, 3.8) is 0 Å². The van der Waals surface area contributed by atoms with Crippen LogP contribution in [0.4, 0.5) is 0 Å². The molecular formula is C21H17Br. The van der Waals surface area contributed by atoms with E-state index in [1.807, 2.05) is 0 Å². The van der Waals surface area contributed by atoms with Gasteiger partial charge < -0.3 is 0 Å².